The minimum Gasteiger partial charge on any atom is -0.480 e. The third-order valence-electron chi connectivity index (χ3n) is 2.55. The molecule has 0 amide bonds. The molecule has 98 valence electrons. The molecule has 1 rings (SSSR count). The number of carbonyl (C=O) groups excluding carboxylic acids is 1. The molecular formula is C11H14N2O5. The van der Waals surface area contributed by atoms with Gasteiger partial charge in [-0.15, -0.1) is 5.10 Å². The molecule has 0 aliphatic heterocycles. The van der Waals surface area contributed by atoms with E-state index in [2.05, 4.69) is 14.9 Å². The van der Waals surface area contributed by atoms with Gasteiger partial charge in [0.1, 0.15) is 0 Å². The first kappa shape index (κ1) is 13.9. The van der Waals surface area contributed by atoms with Gasteiger partial charge in [0.25, 0.3) is 0 Å². The third-order valence-corrected chi connectivity index (χ3v) is 2.55. The SMILES string of the molecule is COC(=O)C(C)(Cc1ccc(OC)nn1)C(=O)O. The lowest BCUT2D eigenvalue weighted by Gasteiger charge is -2.20. The largest absolute Gasteiger partial charge is 0.480 e. The van der Waals surface area contributed by atoms with E-state index in [1.165, 1.54) is 14.0 Å². The van der Waals surface area contributed by atoms with Crippen molar-refractivity contribution in [3.8, 4) is 5.88 Å². The van der Waals surface area contributed by atoms with Crippen LogP contribution in [0.4, 0.5) is 0 Å². The van der Waals surface area contributed by atoms with Crippen LogP contribution in [0.25, 0.3) is 0 Å². The zero-order valence-corrected chi connectivity index (χ0v) is 10.3. The summed E-state index contributed by atoms with van der Waals surface area (Å²) in [6.07, 6.45) is -0.105. The van der Waals surface area contributed by atoms with E-state index in [-0.39, 0.29) is 6.42 Å². The van der Waals surface area contributed by atoms with Crippen molar-refractivity contribution in [3.05, 3.63) is 17.8 Å². The topological polar surface area (TPSA) is 98.6 Å². The van der Waals surface area contributed by atoms with E-state index in [0.29, 0.717) is 11.6 Å². The molecule has 1 aromatic rings. The molecule has 0 aliphatic carbocycles. The van der Waals surface area contributed by atoms with E-state index in [4.69, 9.17) is 9.84 Å². The van der Waals surface area contributed by atoms with Crippen LogP contribution in [0.5, 0.6) is 5.88 Å². The molecule has 0 saturated carbocycles. The Morgan fingerprint density at radius 1 is 1.33 bits per heavy atom. The van der Waals surface area contributed by atoms with Crippen molar-refractivity contribution in [2.75, 3.05) is 14.2 Å². The van der Waals surface area contributed by atoms with Gasteiger partial charge in [-0.25, -0.2) is 0 Å². The van der Waals surface area contributed by atoms with Crippen molar-refractivity contribution >= 4 is 11.9 Å². The summed E-state index contributed by atoms with van der Waals surface area (Å²) in [5.41, 5.74) is -1.32. The Hall–Kier alpha value is -2.18. The number of methoxy groups -OCH3 is 2. The molecule has 18 heavy (non-hydrogen) atoms. The Bertz CT molecular complexity index is 445. The average molecular weight is 254 g/mol. The first-order valence-corrected chi connectivity index (χ1v) is 5.12. The highest BCUT2D eigenvalue weighted by Gasteiger charge is 2.43. The standard InChI is InChI=1S/C11H14N2O5/c1-11(9(14)15,10(16)18-3)6-7-4-5-8(17-2)13-12-7/h4-5H,6H2,1-3H3,(H,14,15). The first-order chi connectivity index (χ1) is 8.43. The van der Waals surface area contributed by atoms with E-state index in [1.54, 1.807) is 12.1 Å². The Labute approximate surface area is 104 Å². The molecule has 0 fully saturated rings. The van der Waals surface area contributed by atoms with E-state index >= 15 is 0 Å². The Balaban J connectivity index is 2.96. The zero-order chi connectivity index (χ0) is 13.8. The lowest BCUT2D eigenvalue weighted by atomic mass is 9.85. The molecular weight excluding hydrogens is 240 g/mol. The van der Waals surface area contributed by atoms with E-state index in [9.17, 15) is 9.59 Å². The molecule has 0 bridgehead atoms. The highest BCUT2D eigenvalue weighted by molar-refractivity contribution is 5.98. The lowest BCUT2D eigenvalue weighted by molar-refractivity contribution is -0.165. The van der Waals surface area contributed by atoms with Crippen LogP contribution < -0.4 is 4.74 Å². The summed E-state index contributed by atoms with van der Waals surface area (Å²) in [4.78, 5) is 22.7. The van der Waals surface area contributed by atoms with Crippen LogP contribution in [-0.4, -0.2) is 41.5 Å². The van der Waals surface area contributed by atoms with Crippen molar-refractivity contribution in [1.82, 2.24) is 10.2 Å². The maximum atomic E-state index is 11.5. The van der Waals surface area contributed by atoms with Gasteiger partial charge >= 0.3 is 11.9 Å². The van der Waals surface area contributed by atoms with E-state index in [1.807, 2.05) is 0 Å². The van der Waals surface area contributed by atoms with Crippen molar-refractivity contribution in [2.24, 2.45) is 5.41 Å². The molecule has 1 aromatic heterocycles. The van der Waals surface area contributed by atoms with Gasteiger partial charge in [-0.1, -0.05) is 0 Å². The third kappa shape index (κ3) is 2.73. The summed E-state index contributed by atoms with van der Waals surface area (Å²) < 4.78 is 9.33. The number of carboxylic acids is 1. The molecule has 1 N–H and O–H groups in total. The van der Waals surface area contributed by atoms with Crippen molar-refractivity contribution in [3.63, 3.8) is 0 Å². The lowest BCUT2D eigenvalue weighted by Crippen LogP contribution is -2.39. The number of esters is 1. The summed E-state index contributed by atoms with van der Waals surface area (Å²) in [5.74, 6) is -1.78. The maximum absolute atomic E-state index is 11.5. The van der Waals surface area contributed by atoms with Crippen molar-refractivity contribution in [2.45, 2.75) is 13.3 Å². The Morgan fingerprint density at radius 3 is 2.39 bits per heavy atom. The number of hydrogen-bond donors (Lipinski definition) is 1. The number of aliphatic carboxylic acids is 1. The van der Waals surface area contributed by atoms with Gasteiger partial charge in [-0.05, 0) is 13.0 Å². The summed E-state index contributed by atoms with van der Waals surface area (Å²) in [6.45, 7) is 1.28. The molecule has 0 aliphatic rings. The average Bonchev–Trinajstić information content (AvgIpc) is 2.38. The number of carboxylic acid groups (broad SMARTS) is 1. The second-order valence-corrected chi connectivity index (χ2v) is 3.87. The monoisotopic (exact) mass is 254 g/mol. The molecule has 0 aromatic carbocycles. The van der Waals surface area contributed by atoms with Crippen LogP contribution in [0.15, 0.2) is 12.1 Å². The molecule has 0 spiro atoms. The molecule has 7 heteroatoms. The van der Waals surface area contributed by atoms with Crippen LogP contribution in [0.1, 0.15) is 12.6 Å². The van der Waals surface area contributed by atoms with Crippen LogP contribution in [0, 0.1) is 5.41 Å². The molecule has 0 radical (unpaired) electrons. The van der Waals surface area contributed by atoms with Gasteiger partial charge in [0.05, 0.1) is 19.9 Å². The first-order valence-electron chi connectivity index (χ1n) is 5.12. The number of ether oxygens (including phenoxy) is 2. The quantitative estimate of drug-likeness (QED) is 0.595. The van der Waals surface area contributed by atoms with E-state index < -0.39 is 17.4 Å². The fourth-order valence-corrected chi connectivity index (χ4v) is 1.37. The van der Waals surface area contributed by atoms with Gasteiger partial charge in [-0.3, -0.25) is 9.59 Å². The molecule has 1 unspecified atom stereocenters. The van der Waals surface area contributed by atoms with Crippen LogP contribution in [0.2, 0.25) is 0 Å². The minimum atomic E-state index is -1.68. The molecule has 7 nitrogen and oxygen atoms in total. The smallest absolute Gasteiger partial charge is 0.323 e. The Kier molecular flexibility index (Phi) is 4.19. The number of carbonyl (C=O) groups is 2. The van der Waals surface area contributed by atoms with Crippen molar-refractivity contribution < 1.29 is 24.2 Å². The molecule has 1 atom stereocenters. The van der Waals surface area contributed by atoms with Gasteiger partial charge in [0, 0.05) is 12.5 Å². The van der Waals surface area contributed by atoms with Crippen LogP contribution >= 0.6 is 0 Å². The maximum Gasteiger partial charge on any atom is 0.323 e. The number of hydrogen-bond acceptors (Lipinski definition) is 6. The normalized spacial score (nSPS) is 13.5. The van der Waals surface area contributed by atoms with Gasteiger partial charge in [0.15, 0.2) is 5.41 Å². The zero-order valence-electron chi connectivity index (χ0n) is 10.3. The molecule has 1 heterocycles. The van der Waals surface area contributed by atoms with E-state index in [0.717, 1.165) is 7.11 Å². The summed E-state index contributed by atoms with van der Waals surface area (Å²) in [7, 11) is 2.59. The summed E-state index contributed by atoms with van der Waals surface area (Å²) >= 11 is 0. The van der Waals surface area contributed by atoms with Gasteiger partial charge in [0.2, 0.25) is 5.88 Å². The fourth-order valence-electron chi connectivity index (χ4n) is 1.37. The predicted octanol–water partition coefficient (Wildman–Crippen LogP) is 0.292. The van der Waals surface area contributed by atoms with Gasteiger partial charge < -0.3 is 14.6 Å². The highest BCUT2D eigenvalue weighted by Crippen LogP contribution is 2.24. The summed E-state index contributed by atoms with van der Waals surface area (Å²) in [5, 5.41) is 16.6. The van der Waals surface area contributed by atoms with Gasteiger partial charge in [-0.2, -0.15) is 5.10 Å². The fraction of sp³-hybridized carbons (Fsp3) is 0.455. The predicted molar refractivity (Wildman–Crippen MR) is 60.0 cm³/mol. The highest BCUT2D eigenvalue weighted by atomic mass is 16.5. The van der Waals surface area contributed by atoms with Crippen LogP contribution in [-0.2, 0) is 20.7 Å². The number of rotatable bonds is 5. The number of nitrogens with zero attached hydrogens (tertiary/aromatic N) is 2. The molecule has 0 saturated heterocycles. The second kappa shape index (κ2) is 5.44. The van der Waals surface area contributed by atoms with Crippen molar-refractivity contribution in [1.29, 1.82) is 0 Å². The second-order valence-electron chi connectivity index (χ2n) is 3.87. The minimum absolute atomic E-state index is 0.105. The summed E-state index contributed by atoms with van der Waals surface area (Å²) in [6, 6.07) is 3.10. The Morgan fingerprint density at radius 2 is 2.00 bits per heavy atom. The van der Waals surface area contributed by atoms with Crippen LogP contribution in [0.3, 0.4) is 0 Å². The number of aromatic nitrogens is 2.